The lowest BCUT2D eigenvalue weighted by Gasteiger charge is -2.46. The molecule has 6 heteroatoms. The van der Waals surface area contributed by atoms with Crippen LogP contribution in [-0.2, 0) is 5.41 Å². The van der Waals surface area contributed by atoms with Gasteiger partial charge < -0.3 is 0 Å². The van der Waals surface area contributed by atoms with Gasteiger partial charge in [0, 0.05) is 69.2 Å². The first-order chi connectivity index (χ1) is 25.3. The normalized spacial score (nSPS) is 13.5. The minimum atomic E-state index is -0.654. The standard InChI is InChI=1S/C45H28N4S2/c1-5-33(25-46-17-1)29-9-13-41-37(21-29)45(38-22-30(10-14-42(38)50-41)34-6-2-18-47-26-34)39-23-31(35-7-3-19-48-27-35)11-15-43(39)51-44-16-12-32(24-40(44)45)36-8-4-20-49-28-36/h1-28H. The summed E-state index contributed by atoms with van der Waals surface area (Å²) in [6, 6.07) is 44.4. The highest BCUT2D eigenvalue weighted by Gasteiger charge is 2.49. The van der Waals surface area contributed by atoms with Gasteiger partial charge in [0.15, 0.2) is 0 Å². The Morgan fingerprint density at radius 2 is 0.588 bits per heavy atom. The quantitative estimate of drug-likeness (QED) is 0.183. The maximum atomic E-state index is 4.49. The first-order valence-corrected chi connectivity index (χ1v) is 18.4. The Bertz CT molecular complexity index is 2210. The van der Waals surface area contributed by atoms with Crippen LogP contribution in [0.1, 0.15) is 22.3 Å². The Labute approximate surface area is 304 Å². The summed E-state index contributed by atoms with van der Waals surface area (Å²) in [5, 5.41) is 0. The van der Waals surface area contributed by atoms with E-state index in [0.29, 0.717) is 0 Å². The summed E-state index contributed by atoms with van der Waals surface area (Å²) in [5.41, 5.74) is 13.3. The third kappa shape index (κ3) is 4.94. The summed E-state index contributed by atoms with van der Waals surface area (Å²) < 4.78 is 0. The lowest BCUT2D eigenvalue weighted by Crippen LogP contribution is -2.37. The molecule has 240 valence electrons. The Balaban J connectivity index is 1.35. The molecule has 2 aliphatic rings. The Morgan fingerprint density at radius 3 is 0.824 bits per heavy atom. The van der Waals surface area contributed by atoms with Crippen LogP contribution in [0.15, 0.2) is 190 Å². The van der Waals surface area contributed by atoms with Crippen LogP contribution in [0.25, 0.3) is 44.5 Å². The van der Waals surface area contributed by atoms with Crippen molar-refractivity contribution in [2.75, 3.05) is 0 Å². The van der Waals surface area contributed by atoms with Gasteiger partial charge in [0.25, 0.3) is 0 Å². The average molecular weight is 689 g/mol. The minimum Gasteiger partial charge on any atom is -0.264 e. The van der Waals surface area contributed by atoms with E-state index in [4.69, 9.17) is 0 Å². The number of hydrogen-bond acceptors (Lipinski definition) is 6. The molecule has 0 saturated heterocycles. The van der Waals surface area contributed by atoms with Gasteiger partial charge in [-0.2, -0.15) is 0 Å². The van der Waals surface area contributed by atoms with Gasteiger partial charge in [0.1, 0.15) is 0 Å². The number of pyridine rings is 4. The molecule has 0 aliphatic carbocycles. The van der Waals surface area contributed by atoms with E-state index >= 15 is 0 Å². The van der Waals surface area contributed by atoms with Gasteiger partial charge in [0.05, 0.1) is 5.41 Å². The fourth-order valence-corrected chi connectivity index (χ4v) is 9.91. The average Bonchev–Trinajstić information content (AvgIpc) is 3.21. The van der Waals surface area contributed by atoms with Crippen LogP contribution in [0.4, 0.5) is 0 Å². The number of fused-ring (bicyclic) bond motifs is 8. The van der Waals surface area contributed by atoms with Crippen molar-refractivity contribution < 1.29 is 0 Å². The maximum absolute atomic E-state index is 4.49. The van der Waals surface area contributed by atoms with Crippen LogP contribution in [0.2, 0.25) is 0 Å². The number of aromatic nitrogens is 4. The Morgan fingerprint density at radius 1 is 0.314 bits per heavy atom. The summed E-state index contributed by atoms with van der Waals surface area (Å²) in [7, 11) is 0. The number of benzene rings is 4. The first-order valence-electron chi connectivity index (χ1n) is 16.8. The molecule has 0 atom stereocenters. The molecule has 0 radical (unpaired) electrons. The largest absolute Gasteiger partial charge is 0.264 e. The van der Waals surface area contributed by atoms with Crippen LogP contribution in [0.3, 0.4) is 0 Å². The molecule has 51 heavy (non-hydrogen) atoms. The maximum Gasteiger partial charge on any atom is 0.0746 e. The van der Waals surface area contributed by atoms with Crippen LogP contribution < -0.4 is 0 Å². The molecular formula is C45H28N4S2. The fraction of sp³-hybridized carbons (Fsp3) is 0.0222. The van der Waals surface area contributed by atoms with Crippen molar-refractivity contribution >= 4 is 23.5 Å². The van der Waals surface area contributed by atoms with Crippen molar-refractivity contribution in [3.05, 3.63) is 193 Å². The zero-order valence-corrected chi connectivity index (χ0v) is 28.9. The highest BCUT2D eigenvalue weighted by atomic mass is 32.2. The molecule has 0 fully saturated rings. The van der Waals surface area contributed by atoms with Crippen molar-refractivity contribution in [2.45, 2.75) is 25.0 Å². The lowest BCUT2D eigenvalue weighted by molar-refractivity contribution is 0.668. The predicted molar refractivity (Wildman–Crippen MR) is 206 cm³/mol. The smallest absolute Gasteiger partial charge is 0.0746 e. The van der Waals surface area contributed by atoms with Crippen molar-refractivity contribution in [3.63, 3.8) is 0 Å². The number of hydrogen-bond donors (Lipinski definition) is 0. The monoisotopic (exact) mass is 688 g/mol. The summed E-state index contributed by atoms with van der Waals surface area (Å²) in [4.78, 5) is 22.9. The minimum absolute atomic E-state index is 0.654. The van der Waals surface area contributed by atoms with E-state index in [1.807, 2.05) is 97.4 Å². The van der Waals surface area contributed by atoms with E-state index in [0.717, 1.165) is 44.5 Å². The Kier molecular flexibility index (Phi) is 7.18. The van der Waals surface area contributed by atoms with Crippen LogP contribution in [0, 0.1) is 0 Å². The highest BCUT2D eigenvalue weighted by Crippen LogP contribution is 2.63. The van der Waals surface area contributed by atoms with Crippen LogP contribution >= 0.6 is 23.5 Å². The summed E-state index contributed by atoms with van der Waals surface area (Å²) in [6.45, 7) is 0. The lowest BCUT2D eigenvalue weighted by atomic mass is 9.63. The van der Waals surface area contributed by atoms with Crippen molar-refractivity contribution in [3.8, 4) is 44.5 Å². The molecule has 0 unspecified atom stereocenters. The van der Waals surface area contributed by atoms with E-state index in [1.54, 1.807) is 0 Å². The second kappa shape index (κ2) is 12.2. The SMILES string of the molecule is c1cncc(-c2ccc3c(c2)C2(c4cc(-c5cccnc5)ccc4S3)c3cc(-c4cccnc4)ccc3Sc3ccc(-c4cccnc4)cc32)c1. The summed E-state index contributed by atoms with van der Waals surface area (Å²) in [6.07, 6.45) is 15.2. The van der Waals surface area contributed by atoms with Crippen molar-refractivity contribution in [2.24, 2.45) is 0 Å². The molecule has 2 aliphatic heterocycles. The Hall–Kier alpha value is -5.82. The van der Waals surface area contributed by atoms with E-state index in [2.05, 4.69) is 117 Å². The molecule has 0 amide bonds. The molecule has 4 nitrogen and oxygen atoms in total. The summed E-state index contributed by atoms with van der Waals surface area (Å²) >= 11 is 3.70. The molecule has 0 bridgehead atoms. The molecule has 1 spiro atoms. The van der Waals surface area contributed by atoms with E-state index in [1.165, 1.54) is 41.8 Å². The van der Waals surface area contributed by atoms with E-state index in [9.17, 15) is 0 Å². The second-order valence-electron chi connectivity index (χ2n) is 12.8. The van der Waals surface area contributed by atoms with E-state index < -0.39 is 5.41 Å². The van der Waals surface area contributed by atoms with Gasteiger partial charge in [-0.25, -0.2) is 0 Å². The fourth-order valence-electron chi connectivity index (χ4n) is 7.61. The van der Waals surface area contributed by atoms with Crippen molar-refractivity contribution in [1.29, 1.82) is 0 Å². The first kappa shape index (κ1) is 30.0. The third-order valence-electron chi connectivity index (χ3n) is 9.95. The highest BCUT2D eigenvalue weighted by molar-refractivity contribution is 8.00. The van der Waals surface area contributed by atoms with Gasteiger partial charge in [0.2, 0.25) is 0 Å². The van der Waals surface area contributed by atoms with Crippen LogP contribution in [0.5, 0.6) is 0 Å². The van der Waals surface area contributed by atoms with Crippen LogP contribution in [-0.4, -0.2) is 19.9 Å². The van der Waals surface area contributed by atoms with Crippen molar-refractivity contribution in [1.82, 2.24) is 19.9 Å². The van der Waals surface area contributed by atoms with Gasteiger partial charge >= 0.3 is 0 Å². The summed E-state index contributed by atoms with van der Waals surface area (Å²) in [5.74, 6) is 0. The number of rotatable bonds is 4. The molecule has 8 aromatic rings. The second-order valence-corrected chi connectivity index (χ2v) is 14.9. The molecular weight excluding hydrogens is 661 g/mol. The van der Waals surface area contributed by atoms with Gasteiger partial charge in [-0.1, -0.05) is 72.1 Å². The zero-order chi connectivity index (χ0) is 33.8. The predicted octanol–water partition coefficient (Wildman–Crippen LogP) is 11.2. The molecule has 4 aromatic heterocycles. The topological polar surface area (TPSA) is 51.6 Å². The van der Waals surface area contributed by atoms with Gasteiger partial charge in [-0.3, -0.25) is 19.9 Å². The third-order valence-corrected chi connectivity index (χ3v) is 12.3. The molecule has 6 heterocycles. The molecule has 10 rings (SSSR count). The van der Waals surface area contributed by atoms with Gasteiger partial charge in [-0.05, 0) is 140 Å². The zero-order valence-electron chi connectivity index (χ0n) is 27.3. The molecule has 0 saturated carbocycles. The van der Waals surface area contributed by atoms with Gasteiger partial charge in [-0.15, -0.1) is 0 Å². The van der Waals surface area contributed by atoms with E-state index in [-0.39, 0.29) is 0 Å². The number of nitrogens with zero attached hydrogens (tertiary/aromatic N) is 4. The molecule has 0 N–H and O–H groups in total. The molecule has 4 aromatic carbocycles.